The molecule has 27 heavy (non-hydrogen) atoms. The van der Waals surface area contributed by atoms with Gasteiger partial charge in [-0.25, -0.2) is 0 Å². The van der Waals surface area contributed by atoms with E-state index in [-0.39, 0.29) is 5.54 Å². The zero-order valence-corrected chi connectivity index (χ0v) is 16.5. The Morgan fingerprint density at radius 3 is 2.11 bits per heavy atom. The summed E-state index contributed by atoms with van der Waals surface area (Å²) in [4.78, 5) is 0. The second kappa shape index (κ2) is 8.45. The van der Waals surface area contributed by atoms with Crippen LogP contribution in [0.2, 0.25) is 0 Å². The van der Waals surface area contributed by atoms with E-state index in [1.165, 1.54) is 12.8 Å². The van der Waals surface area contributed by atoms with Gasteiger partial charge in [0.25, 0.3) is 0 Å². The van der Waals surface area contributed by atoms with Crippen LogP contribution in [0.25, 0.3) is 10.8 Å². The van der Waals surface area contributed by atoms with Crippen molar-refractivity contribution in [3.05, 3.63) is 66.2 Å². The van der Waals surface area contributed by atoms with E-state index < -0.39 is 0 Å². The third-order valence-corrected chi connectivity index (χ3v) is 4.63. The van der Waals surface area contributed by atoms with E-state index in [1.54, 1.807) is 0 Å². The smallest absolute Gasteiger partial charge is 0.128 e. The highest BCUT2D eigenvalue weighted by Gasteiger charge is 2.14. The van der Waals surface area contributed by atoms with Gasteiger partial charge in [0.05, 0.1) is 6.61 Å². The number of hydrogen-bond donors (Lipinski definition) is 1. The van der Waals surface area contributed by atoms with Crippen LogP contribution in [0.1, 0.15) is 45.6 Å². The summed E-state index contributed by atoms with van der Waals surface area (Å²) < 4.78 is 11.7. The lowest BCUT2D eigenvalue weighted by molar-refractivity contribution is 0.306. The molecular formula is C24H29NO2. The highest BCUT2D eigenvalue weighted by Crippen LogP contribution is 2.29. The van der Waals surface area contributed by atoms with E-state index in [0.717, 1.165) is 46.6 Å². The largest absolute Gasteiger partial charge is 0.494 e. The fraction of sp³-hybridized carbons (Fsp3) is 0.333. The predicted octanol–water partition coefficient (Wildman–Crippen LogP) is 6.39. The van der Waals surface area contributed by atoms with Gasteiger partial charge < -0.3 is 15.2 Å². The summed E-state index contributed by atoms with van der Waals surface area (Å²) in [7, 11) is 0. The third-order valence-electron chi connectivity index (χ3n) is 4.63. The number of hydrogen-bond acceptors (Lipinski definition) is 3. The Kier molecular flexibility index (Phi) is 6.02. The Morgan fingerprint density at radius 2 is 1.41 bits per heavy atom. The first-order valence-electron chi connectivity index (χ1n) is 9.69. The highest BCUT2D eigenvalue weighted by molar-refractivity contribution is 5.84. The standard InChI is InChI=1S/C24H29NO2/c1-4-5-6-15-26-21-11-13-22(14-12-21)27-23-10-8-18-16-20(24(2,3)25)9-7-19(18)17-23/h7-14,16-17H,4-6,15,25H2,1-3H3. The Labute approximate surface area is 162 Å². The Hall–Kier alpha value is -2.52. The zero-order chi connectivity index (χ0) is 19.3. The van der Waals surface area contributed by atoms with Gasteiger partial charge in [0, 0.05) is 5.54 Å². The van der Waals surface area contributed by atoms with Gasteiger partial charge in [-0.05, 0) is 79.1 Å². The molecule has 3 nitrogen and oxygen atoms in total. The molecule has 0 aliphatic carbocycles. The maximum absolute atomic E-state index is 6.20. The molecule has 0 heterocycles. The molecule has 0 fully saturated rings. The van der Waals surface area contributed by atoms with Crippen LogP contribution in [0, 0.1) is 0 Å². The maximum Gasteiger partial charge on any atom is 0.128 e. The number of nitrogens with two attached hydrogens (primary N) is 1. The van der Waals surface area contributed by atoms with Crippen LogP contribution >= 0.6 is 0 Å². The van der Waals surface area contributed by atoms with Crippen LogP contribution in [0.5, 0.6) is 17.2 Å². The SMILES string of the molecule is CCCCCOc1ccc(Oc2ccc3cc(C(C)(C)N)ccc3c2)cc1. The van der Waals surface area contributed by atoms with Gasteiger partial charge >= 0.3 is 0 Å². The van der Waals surface area contributed by atoms with Crippen LogP contribution in [-0.4, -0.2) is 6.61 Å². The summed E-state index contributed by atoms with van der Waals surface area (Å²) in [5.41, 5.74) is 6.98. The summed E-state index contributed by atoms with van der Waals surface area (Å²) in [6.07, 6.45) is 3.50. The van der Waals surface area contributed by atoms with Crippen molar-refractivity contribution in [2.24, 2.45) is 5.73 Å². The molecule has 0 aliphatic rings. The van der Waals surface area contributed by atoms with Gasteiger partial charge in [-0.15, -0.1) is 0 Å². The molecule has 3 heteroatoms. The molecular weight excluding hydrogens is 334 g/mol. The quantitative estimate of drug-likeness (QED) is 0.471. The van der Waals surface area contributed by atoms with Crippen LogP contribution < -0.4 is 15.2 Å². The van der Waals surface area contributed by atoms with Gasteiger partial charge in [-0.1, -0.05) is 38.0 Å². The lowest BCUT2D eigenvalue weighted by Crippen LogP contribution is -2.28. The molecule has 3 aromatic carbocycles. The minimum Gasteiger partial charge on any atom is -0.494 e. The van der Waals surface area contributed by atoms with E-state index in [2.05, 4.69) is 37.3 Å². The highest BCUT2D eigenvalue weighted by atomic mass is 16.5. The number of rotatable bonds is 8. The first-order valence-corrected chi connectivity index (χ1v) is 9.69. The molecule has 3 aromatic rings. The van der Waals surface area contributed by atoms with Crippen molar-refractivity contribution in [1.29, 1.82) is 0 Å². The lowest BCUT2D eigenvalue weighted by atomic mass is 9.93. The zero-order valence-electron chi connectivity index (χ0n) is 16.5. The number of benzene rings is 3. The number of ether oxygens (including phenoxy) is 2. The summed E-state index contributed by atoms with van der Waals surface area (Å²) in [5, 5.41) is 2.30. The van der Waals surface area contributed by atoms with Gasteiger partial charge in [-0.3, -0.25) is 0 Å². The fourth-order valence-electron chi connectivity index (χ4n) is 2.97. The summed E-state index contributed by atoms with van der Waals surface area (Å²) in [5.74, 6) is 2.50. The molecule has 0 saturated heterocycles. The van der Waals surface area contributed by atoms with Crippen molar-refractivity contribution in [1.82, 2.24) is 0 Å². The average Bonchev–Trinajstić information content (AvgIpc) is 2.65. The maximum atomic E-state index is 6.20. The normalized spacial score (nSPS) is 11.6. The van der Waals surface area contributed by atoms with E-state index in [1.807, 2.05) is 44.2 Å². The molecule has 0 saturated carbocycles. The summed E-state index contributed by atoms with van der Waals surface area (Å²) >= 11 is 0. The molecule has 0 atom stereocenters. The van der Waals surface area contributed by atoms with Crippen molar-refractivity contribution >= 4 is 10.8 Å². The topological polar surface area (TPSA) is 44.5 Å². The molecule has 0 unspecified atom stereocenters. The average molecular weight is 364 g/mol. The van der Waals surface area contributed by atoms with E-state index in [4.69, 9.17) is 15.2 Å². The van der Waals surface area contributed by atoms with E-state index >= 15 is 0 Å². The van der Waals surface area contributed by atoms with Crippen LogP contribution in [-0.2, 0) is 5.54 Å². The van der Waals surface area contributed by atoms with Gasteiger partial charge in [0.1, 0.15) is 17.2 Å². The molecule has 0 amide bonds. The second-order valence-electron chi connectivity index (χ2n) is 7.57. The minimum absolute atomic E-state index is 0.344. The number of fused-ring (bicyclic) bond motifs is 1. The van der Waals surface area contributed by atoms with Crippen molar-refractivity contribution < 1.29 is 9.47 Å². The molecule has 142 valence electrons. The first kappa shape index (κ1) is 19.2. The van der Waals surface area contributed by atoms with Crippen molar-refractivity contribution in [3.63, 3.8) is 0 Å². The summed E-state index contributed by atoms with van der Waals surface area (Å²) in [6.45, 7) is 6.99. The Bertz CT molecular complexity index is 879. The molecule has 0 aliphatic heterocycles. The molecule has 0 spiro atoms. The van der Waals surface area contributed by atoms with Crippen LogP contribution in [0.3, 0.4) is 0 Å². The van der Waals surface area contributed by atoms with Crippen molar-refractivity contribution in [2.75, 3.05) is 6.61 Å². The Morgan fingerprint density at radius 1 is 0.778 bits per heavy atom. The molecule has 0 radical (unpaired) electrons. The third kappa shape index (κ3) is 5.24. The minimum atomic E-state index is -0.344. The van der Waals surface area contributed by atoms with E-state index in [9.17, 15) is 0 Å². The van der Waals surface area contributed by atoms with Gasteiger partial charge in [-0.2, -0.15) is 0 Å². The fourth-order valence-corrected chi connectivity index (χ4v) is 2.97. The van der Waals surface area contributed by atoms with Crippen LogP contribution in [0.4, 0.5) is 0 Å². The lowest BCUT2D eigenvalue weighted by Gasteiger charge is -2.19. The Balaban J connectivity index is 1.67. The molecule has 0 aromatic heterocycles. The van der Waals surface area contributed by atoms with Gasteiger partial charge in [0.2, 0.25) is 0 Å². The molecule has 2 N–H and O–H groups in total. The van der Waals surface area contributed by atoms with E-state index in [0.29, 0.717) is 0 Å². The number of unbranched alkanes of at least 4 members (excludes halogenated alkanes) is 2. The molecule has 3 rings (SSSR count). The van der Waals surface area contributed by atoms with Crippen molar-refractivity contribution in [3.8, 4) is 17.2 Å². The first-order chi connectivity index (χ1) is 13.0. The van der Waals surface area contributed by atoms with Crippen LogP contribution in [0.15, 0.2) is 60.7 Å². The molecule has 0 bridgehead atoms. The van der Waals surface area contributed by atoms with Gasteiger partial charge in [0.15, 0.2) is 0 Å². The summed E-state index contributed by atoms with van der Waals surface area (Å²) in [6, 6.07) is 20.2. The predicted molar refractivity (Wildman–Crippen MR) is 113 cm³/mol. The van der Waals surface area contributed by atoms with Crippen molar-refractivity contribution in [2.45, 2.75) is 45.6 Å². The monoisotopic (exact) mass is 363 g/mol. The second-order valence-corrected chi connectivity index (χ2v) is 7.57.